The first-order valence-electron chi connectivity index (χ1n) is 8.01. The van der Waals surface area contributed by atoms with Crippen LogP contribution in [0.3, 0.4) is 0 Å². The Kier molecular flexibility index (Phi) is 5.21. The van der Waals surface area contributed by atoms with Crippen LogP contribution in [0.15, 0.2) is 29.3 Å². The molecular weight excluding hydrogens is 322 g/mol. The maximum Gasteiger partial charge on any atom is 0.232 e. The summed E-state index contributed by atoms with van der Waals surface area (Å²) >= 11 is 1.34. The zero-order chi connectivity index (χ0) is 16.9. The van der Waals surface area contributed by atoms with Gasteiger partial charge >= 0.3 is 0 Å². The zero-order valence-electron chi connectivity index (χ0n) is 13.6. The zero-order valence-corrected chi connectivity index (χ0v) is 14.4. The van der Waals surface area contributed by atoms with Crippen LogP contribution >= 0.6 is 11.8 Å². The Hall–Kier alpha value is -2.26. The van der Waals surface area contributed by atoms with Gasteiger partial charge in [-0.3, -0.25) is 4.79 Å². The lowest BCUT2D eigenvalue weighted by Crippen LogP contribution is -2.36. The highest BCUT2D eigenvalue weighted by atomic mass is 32.2. The maximum absolute atomic E-state index is 12.3. The minimum atomic E-state index is 0.121. The number of methoxy groups -OCH3 is 1. The van der Waals surface area contributed by atoms with Gasteiger partial charge in [0.25, 0.3) is 0 Å². The van der Waals surface area contributed by atoms with Gasteiger partial charge in [-0.2, -0.15) is 5.26 Å². The third kappa shape index (κ3) is 3.62. The molecule has 24 heavy (non-hydrogen) atoms. The van der Waals surface area contributed by atoms with Crippen molar-refractivity contribution in [3.05, 3.63) is 29.8 Å². The number of thioether (sulfide) groups is 1. The largest absolute Gasteiger partial charge is 0.497 e. The molecule has 0 saturated carbocycles. The highest BCUT2D eigenvalue weighted by Gasteiger charge is 2.18. The summed E-state index contributed by atoms with van der Waals surface area (Å²) in [5.74, 6) is 1.16. The molecule has 0 bridgehead atoms. The molecule has 2 aromatic rings. The number of piperidine rings is 1. The molecule has 0 spiro atoms. The predicted molar refractivity (Wildman–Crippen MR) is 94.2 cm³/mol. The average molecular weight is 341 g/mol. The van der Waals surface area contributed by atoms with Crippen LogP contribution in [-0.2, 0) is 4.79 Å². The van der Waals surface area contributed by atoms with Crippen molar-refractivity contribution in [1.29, 1.82) is 5.26 Å². The summed E-state index contributed by atoms with van der Waals surface area (Å²) in [6, 6.07) is 9.56. The van der Waals surface area contributed by atoms with E-state index in [9.17, 15) is 10.1 Å². The fourth-order valence-electron chi connectivity index (χ4n) is 2.81. The lowest BCUT2D eigenvalue weighted by molar-refractivity contribution is -0.129. The van der Waals surface area contributed by atoms with Crippen LogP contribution in [0.1, 0.15) is 24.8 Å². The second-order valence-corrected chi connectivity index (χ2v) is 6.71. The molecular formula is C18H19N3O2S. The number of nitriles is 1. The molecule has 1 fully saturated rings. The van der Waals surface area contributed by atoms with Crippen molar-refractivity contribution in [2.75, 3.05) is 26.0 Å². The first-order chi connectivity index (χ1) is 11.7. The highest BCUT2D eigenvalue weighted by molar-refractivity contribution is 8.00. The SMILES string of the molecule is COc1ccc2cc(C#N)c(SCC(=O)N3CCCCC3)nc2c1. The first kappa shape index (κ1) is 16.6. The molecule has 0 aliphatic carbocycles. The van der Waals surface area contributed by atoms with Gasteiger partial charge in [0.05, 0.1) is 23.9 Å². The molecule has 1 aromatic carbocycles. The Balaban J connectivity index is 1.79. The number of aromatic nitrogens is 1. The van der Waals surface area contributed by atoms with Crippen LogP contribution in [-0.4, -0.2) is 41.7 Å². The second-order valence-electron chi connectivity index (χ2n) is 5.74. The van der Waals surface area contributed by atoms with Gasteiger partial charge in [0.15, 0.2) is 0 Å². The van der Waals surface area contributed by atoms with E-state index in [-0.39, 0.29) is 5.91 Å². The Labute approximate surface area is 145 Å². The molecule has 1 amide bonds. The van der Waals surface area contributed by atoms with Crippen LogP contribution in [0, 0.1) is 11.3 Å². The molecule has 0 radical (unpaired) electrons. The van der Waals surface area contributed by atoms with Gasteiger partial charge < -0.3 is 9.64 Å². The van der Waals surface area contributed by atoms with E-state index in [1.165, 1.54) is 18.2 Å². The number of ether oxygens (including phenoxy) is 1. The lowest BCUT2D eigenvalue weighted by atomic mass is 10.1. The number of rotatable bonds is 4. The smallest absolute Gasteiger partial charge is 0.232 e. The third-order valence-electron chi connectivity index (χ3n) is 4.15. The van der Waals surface area contributed by atoms with Gasteiger partial charge in [0, 0.05) is 24.5 Å². The van der Waals surface area contributed by atoms with E-state index in [1.54, 1.807) is 7.11 Å². The van der Waals surface area contributed by atoms with Crippen LogP contribution in [0.2, 0.25) is 0 Å². The Morgan fingerprint density at radius 3 is 2.83 bits per heavy atom. The number of nitrogens with zero attached hydrogens (tertiary/aromatic N) is 3. The van der Waals surface area contributed by atoms with Crippen molar-refractivity contribution in [2.45, 2.75) is 24.3 Å². The molecule has 2 heterocycles. The van der Waals surface area contributed by atoms with E-state index in [0.717, 1.165) is 42.6 Å². The van der Waals surface area contributed by atoms with E-state index >= 15 is 0 Å². The first-order valence-corrected chi connectivity index (χ1v) is 8.99. The van der Waals surface area contributed by atoms with Gasteiger partial charge in [0.1, 0.15) is 16.8 Å². The number of hydrogen-bond donors (Lipinski definition) is 0. The molecule has 0 unspecified atom stereocenters. The van der Waals surface area contributed by atoms with Gasteiger partial charge in [-0.1, -0.05) is 11.8 Å². The second kappa shape index (κ2) is 7.54. The van der Waals surface area contributed by atoms with Gasteiger partial charge in [0.2, 0.25) is 5.91 Å². The monoisotopic (exact) mass is 341 g/mol. The molecule has 1 aliphatic rings. The van der Waals surface area contributed by atoms with Crippen LogP contribution in [0.5, 0.6) is 5.75 Å². The van der Waals surface area contributed by atoms with Crippen molar-refractivity contribution in [3.63, 3.8) is 0 Å². The summed E-state index contributed by atoms with van der Waals surface area (Å²) in [5, 5.41) is 10.9. The van der Waals surface area contributed by atoms with Crippen LogP contribution < -0.4 is 4.74 Å². The number of hydrogen-bond acceptors (Lipinski definition) is 5. The normalized spacial score (nSPS) is 14.4. The molecule has 124 valence electrons. The average Bonchev–Trinajstić information content (AvgIpc) is 2.65. The Bertz CT molecular complexity index is 795. The Morgan fingerprint density at radius 2 is 2.12 bits per heavy atom. The van der Waals surface area contributed by atoms with Crippen molar-refractivity contribution >= 4 is 28.6 Å². The minimum Gasteiger partial charge on any atom is -0.497 e. The molecule has 0 N–H and O–H groups in total. The third-order valence-corrected chi connectivity index (χ3v) is 5.13. The van der Waals surface area contributed by atoms with Crippen molar-refractivity contribution in [1.82, 2.24) is 9.88 Å². The van der Waals surface area contributed by atoms with Crippen molar-refractivity contribution in [3.8, 4) is 11.8 Å². The molecule has 6 heteroatoms. The number of fused-ring (bicyclic) bond motifs is 1. The molecule has 1 aromatic heterocycles. The highest BCUT2D eigenvalue weighted by Crippen LogP contribution is 2.27. The van der Waals surface area contributed by atoms with E-state index in [4.69, 9.17) is 4.74 Å². The summed E-state index contributed by atoms with van der Waals surface area (Å²) in [6.07, 6.45) is 3.35. The quantitative estimate of drug-likeness (QED) is 0.799. The topological polar surface area (TPSA) is 66.2 Å². The van der Waals surface area contributed by atoms with E-state index < -0.39 is 0 Å². The summed E-state index contributed by atoms with van der Waals surface area (Å²) in [7, 11) is 1.61. The molecule has 0 atom stereocenters. The van der Waals surface area contributed by atoms with Gasteiger partial charge in [-0.05, 0) is 37.5 Å². The summed E-state index contributed by atoms with van der Waals surface area (Å²) < 4.78 is 5.22. The van der Waals surface area contributed by atoms with Crippen LogP contribution in [0.4, 0.5) is 0 Å². The number of likely N-dealkylation sites (tertiary alicyclic amines) is 1. The summed E-state index contributed by atoms with van der Waals surface area (Å²) in [6.45, 7) is 1.68. The summed E-state index contributed by atoms with van der Waals surface area (Å²) in [5.41, 5.74) is 1.27. The van der Waals surface area contributed by atoms with E-state index in [2.05, 4.69) is 11.1 Å². The van der Waals surface area contributed by atoms with Crippen LogP contribution in [0.25, 0.3) is 10.9 Å². The number of amides is 1. The summed E-state index contributed by atoms with van der Waals surface area (Å²) in [4.78, 5) is 18.8. The number of carbonyl (C=O) groups excluding carboxylic acids is 1. The number of pyridine rings is 1. The lowest BCUT2D eigenvalue weighted by Gasteiger charge is -2.26. The molecule has 3 rings (SSSR count). The fraction of sp³-hybridized carbons (Fsp3) is 0.389. The molecule has 1 aliphatic heterocycles. The minimum absolute atomic E-state index is 0.121. The van der Waals surface area contributed by atoms with Crippen molar-refractivity contribution < 1.29 is 9.53 Å². The Morgan fingerprint density at radius 1 is 1.33 bits per heavy atom. The van der Waals surface area contributed by atoms with Gasteiger partial charge in [-0.25, -0.2) is 4.98 Å². The van der Waals surface area contributed by atoms with Crippen molar-refractivity contribution in [2.24, 2.45) is 0 Å². The fourth-order valence-corrected chi connectivity index (χ4v) is 3.68. The number of carbonyl (C=O) groups is 1. The predicted octanol–water partition coefficient (Wildman–Crippen LogP) is 3.22. The molecule has 1 saturated heterocycles. The standard InChI is InChI=1S/C18H19N3O2S/c1-23-15-6-5-13-9-14(11-19)18(20-16(13)10-15)24-12-17(22)21-7-3-2-4-8-21/h5-6,9-10H,2-4,7-8,12H2,1H3. The maximum atomic E-state index is 12.3. The van der Waals surface area contributed by atoms with E-state index in [0.29, 0.717) is 16.3 Å². The van der Waals surface area contributed by atoms with Gasteiger partial charge in [-0.15, -0.1) is 0 Å². The van der Waals surface area contributed by atoms with E-state index in [1.807, 2.05) is 29.2 Å². The molecule has 5 nitrogen and oxygen atoms in total. The number of benzene rings is 1.